The van der Waals surface area contributed by atoms with Crippen molar-refractivity contribution in [1.82, 2.24) is 4.98 Å². The average molecular weight is 132 g/mol. The molecule has 0 fully saturated rings. The average Bonchev–Trinajstić information content (AvgIpc) is 1.88. The van der Waals surface area contributed by atoms with Crippen molar-refractivity contribution in [3.63, 3.8) is 0 Å². The van der Waals surface area contributed by atoms with Gasteiger partial charge in [-0.3, -0.25) is 0 Å². The van der Waals surface area contributed by atoms with E-state index >= 15 is 0 Å². The van der Waals surface area contributed by atoms with E-state index in [-0.39, 0.29) is 0 Å². The molecule has 0 spiro atoms. The Hall–Kier alpha value is -1.49. The Balaban J connectivity index is 3.34. The second-order valence-corrected chi connectivity index (χ2v) is 2.03. The summed E-state index contributed by atoms with van der Waals surface area (Å²) in [5, 5.41) is 0. The van der Waals surface area contributed by atoms with E-state index in [0.717, 1.165) is 5.56 Å². The van der Waals surface area contributed by atoms with Crippen LogP contribution in [0.1, 0.15) is 11.1 Å². The molecule has 2 nitrogen and oxygen atoms in total. The third kappa shape index (κ3) is 0.939. The number of aryl methyl sites for hydroxylation is 1. The van der Waals surface area contributed by atoms with Crippen molar-refractivity contribution in [1.29, 1.82) is 0 Å². The summed E-state index contributed by atoms with van der Waals surface area (Å²) >= 11 is 0. The number of nitrogen functional groups attached to an aromatic ring is 1. The summed E-state index contributed by atoms with van der Waals surface area (Å²) < 4.78 is 0. The second kappa shape index (κ2) is 2.40. The zero-order valence-electron chi connectivity index (χ0n) is 5.76. The van der Waals surface area contributed by atoms with Crippen molar-refractivity contribution in [2.45, 2.75) is 6.92 Å². The molecule has 0 atom stereocenters. The first-order chi connectivity index (χ1) is 4.75. The number of hydrogen-bond acceptors (Lipinski definition) is 2. The lowest BCUT2D eigenvalue weighted by molar-refractivity contribution is 1.28. The molecule has 2 N–H and O–H groups in total. The number of aromatic nitrogens is 1. The monoisotopic (exact) mass is 132 g/mol. The molecule has 1 aromatic heterocycles. The van der Waals surface area contributed by atoms with E-state index in [1.165, 1.54) is 0 Å². The van der Waals surface area contributed by atoms with E-state index in [4.69, 9.17) is 12.2 Å². The largest absolute Gasteiger partial charge is 0.383 e. The maximum absolute atomic E-state index is 5.48. The van der Waals surface area contributed by atoms with E-state index < -0.39 is 0 Å². The summed E-state index contributed by atoms with van der Waals surface area (Å²) in [6.45, 7) is 1.91. The van der Waals surface area contributed by atoms with Crippen molar-refractivity contribution < 1.29 is 0 Å². The Morgan fingerprint density at radius 3 is 2.80 bits per heavy atom. The Labute approximate surface area is 60.1 Å². The first-order valence-electron chi connectivity index (χ1n) is 2.93. The number of pyridine rings is 1. The van der Waals surface area contributed by atoms with E-state index in [1.54, 1.807) is 6.20 Å². The van der Waals surface area contributed by atoms with Crippen LogP contribution in [-0.4, -0.2) is 4.98 Å². The van der Waals surface area contributed by atoms with Crippen LogP contribution in [0.3, 0.4) is 0 Å². The number of terminal acetylenes is 1. The van der Waals surface area contributed by atoms with E-state index in [0.29, 0.717) is 11.4 Å². The minimum absolute atomic E-state index is 0.433. The van der Waals surface area contributed by atoms with Crippen molar-refractivity contribution in [3.05, 3.63) is 23.4 Å². The first-order valence-corrected chi connectivity index (χ1v) is 2.93. The second-order valence-electron chi connectivity index (χ2n) is 2.03. The Morgan fingerprint density at radius 1 is 1.70 bits per heavy atom. The zero-order chi connectivity index (χ0) is 7.56. The normalized spacial score (nSPS) is 8.80. The Morgan fingerprint density at radius 2 is 2.40 bits per heavy atom. The minimum atomic E-state index is 0.433. The smallest absolute Gasteiger partial charge is 0.139 e. The van der Waals surface area contributed by atoms with Gasteiger partial charge in [0.2, 0.25) is 0 Å². The summed E-state index contributed by atoms with van der Waals surface area (Å²) in [5.74, 6) is 2.91. The van der Waals surface area contributed by atoms with Crippen LogP contribution in [0.15, 0.2) is 12.3 Å². The Kier molecular flexibility index (Phi) is 1.59. The van der Waals surface area contributed by atoms with E-state index in [9.17, 15) is 0 Å². The Bertz CT molecular complexity index is 264. The minimum Gasteiger partial charge on any atom is -0.383 e. The SMILES string of the molecule is C#Cc1c(C)ccnc1N. The van der Waals surface area contributed by atoms with Gasteiger partial charge in [-0.1, -0.05) is 5.92 Å². The van der Waals surface area contributed by atoms with Crippen LogP contribution in [0.4, 0.5) is 5.82 Å². The highest BCUT2D eigenvalue weighted by Gasteiger charge is 1.97. The first kappa shape index (κ1) is 6.63. The molecule has 0 amide bonds. The number of hydrogen-bond donors (Lipinski definition) is 1. The predicted molar refractivity (Wildman–Crippen MR) is 41.3 cm³/mol. The van der Waals surface area contributed by atoms with Gasteiger partial charge in [-0.15, -0.1) is 6.42 Å². The molecule has 0 aromatic carbocycles. The fourth-order valence-electron chi connectivity index (χ4n) is 0.767. The standard InChI is InChI=1S/C8H8N2/c1-3-7-6(2)4-5-10-8(7)9/h1,4-5H,2H3,(H2,9,10). The lowest BCUT2D eigenvalue weighted by Gasteiger charge is -1.98. The van der Waals surface area contributed by atoms with Gasteiger partial charge in [0.15, 0.2) is 0 Å². The molecule has 10 heavy (non-hydrogen) atoms. The van der Waals surface area contributed by atoms with Gasteiger partial charge >= 0.3 is 0 Å². The highest BCUT2D eigenvalue weighted by molar-refractivity contribution is 5.53. The summed E-state index contributed by atoms with van der Waals surface area (Å²) in [5.41, 5.74) is 7.17. The van der Waals surface area contributed by atoms with Crippen LogP contribution in [0.2, 0.25) is 0 Å². The van der Waals surface area contributed by atoms with Crippen LogP contribution in [0.5, 0.6) is 0 Å². The van der Waals surface area contributed by atoms with Crippen molar-refractivity contribution in [2.24, 2.45) is 0 Å². The van der Waals surface area contributed by atoms with Gasteiger partial charge in [0, 0.05) is 6.20 Å². The molecule has 0 saturated heterocycles. The summed E-state index contributed by atoms with van der Waals surface area (Å²) in [4.78, 5) is 3.85. The van der Waals surface area contributed by atoms with Gasteiger partial charge in [0.25, 0.3) is 0 Å². The third-order valence-corrected chi connectivity index (χ3v) is 1.33. The van der Waals surface area contributed by atoms with Crippen LogP contribution in [-0.2, 0) is 0 Å². The fraction of sp³-hybridized carbons (Fsp3) is 0.125. The van der Waals surface area contributed by atoms with Gasteiger partial charge in [-0.05, 0) is 18.6 Å². The van der Waals surface area contributed by atoms with Crippen LogP contribution in [0, 0.1) is 19.3 Å². The number of nitrogens with two attached hydrogens (primary N) is 1. The highest BCUT2D eigenvalue weighted by Crippen LogP contribution is 2.10. The highest BCUT2D eigenvalue weighted by atomic mass is 14.8. The van der Waals surface area contributed by atoms with Gasteiger partial charge in [0.05, 0.1) is 5.56 Å². The summed E-state index contributed by atoms with van der Waals surface area (Å²) in [7, 11) is 0. The lowest BCUT2D eigenvalue weighted by Crippen LogP contribution is -1.95. The molecule has 0 radical (unpaired) electrons. The maximum atomic E-state index is 5.48. The predicted octanol–water partition coefficient (Wildman–Crippen LogP) is 0.954. The third-order valence-electron chi connectivity index (χ3n) is 1.33. The van der Waals surface area contributed by atoms with Crippen LogP contribution < -0.4 is 5.73 Å². The molecule has 1 rings (SSSR count). The molecule has 0 saturated carbocycles. The molecule has 50 valence electrons. The van der Waals surface area contributed by atoms with E-state index in [1.807, 2.05) is 13.0 Å². The quantitative estimate of drug-likeness (QED) is 0.534. The topological polar surface area (TPSA) is 38.9 Å². The van der Waals surface area contributed by atoms with Gasteiger partial charge in [-0.2, -0.15) is 0 Å². The number of rotatable bonds is 0. The lowest BCUT2D eigenvalue weighted by atomic mass is 10.1. The number of nitrogens with zero attached hydrogens (tertiary/aromatic N) is 1. The molecule has 0 aliphatic carbocycles. The molecular weight excluding hydrogens is 124 g/mol. The zero-order valence-corrected chi connectivity index (χ0v) is 5.76. The molecule has 2 heteroatoms. The molecule has 1 heterocycles. The van der Waals surface area contributed by atoms with Crippen molar-refractivity contribution >= 4 is 5.82 Å². The molecular formula is C8H8N2. The molecule has 0 aliphatic heterocycles. The fourth-order valence-corrected chi connectivity index (χ4v) is 0.767. The van der Waals surface area contributed by atoms with Gasteiger partial charge in [-0.25, -0.2) is 4.98 Å². The van der Waals surface area contributed by atoms with Gasteiger partial charge < -0.3 is 5.73 Å². The van der Waals surface area contributed by atoms with Crippen molar-refractivity contribution in [2.75, 3.05) is 5.73 Å². The van der Waals surface area contributed by atoms with Crippen LogP contribution in [0.25, 0.3) is 0 Å². The molecule has 0 aliphatic rings. The molecule has 0 bridgehead atoms. The summed E-state index contributed by atoms with van der Waals surface area (Å²) in [6.07, 6.45) is 6.83. The molecule has 1 aromatic rings. The number of anilines is 1. The summed E-state index contributed by atoms with van der Waals surface area (Å²) in [6, 6.07) is 1.84. The van der Waals surface area contributed by atoms with Gasteiger partial charge in [0.1, 0.15) is 5.82 Å². The maximum Gasteiger partial charge on any atom is 0.139 e. The van der Waals surface area contributed by atoms with Crippen LogP contribution >= 0.6 is 0 Å². The van der Waals surface area contributed by atoms with Crippen molar-refractivity contribution in [3.8, 4) is 12.3 Å². The molecule has 0 unspecified atom stereocenters. The van der Waals surface area contributed by atoms with E-state index in [2.05, 4.69) is 10.9 Å².